The van der Waals surface area contributed by atoms with E-state index < -0.39 is 0 Å². The third-order valence-corrected chi connectivity index (χ3v) is 11.9. The first kappa shape index (κ1) is 44.0. The molecule has 9 nitrogen and oxygen atoms in total. The summed E-state index contributed by atoms with van der Waals surface area (Å²) in [6, 6.07) is 13.8. The summed E-state index contributed by atoms with van der Waals surface area (Å²) in [7, 11) is 10.3. The second-order valence-electron chi connectivity index (χ2n) is 13.1. The van der Waals surface area contributed by atoms with E-state index in [1.807, 2.05) is 0 Å². The van der Waals surface area contributed by atoms with Crippen molar-refractivity contribution in [3.05, 3.63) is 69.8 Å². The third kappa shape index (κ3) is 9.61. The molecule has 0 bridgehead atoms. The zero-order chi connectivity index (χ0) is 34.3. The number of thioether (sulfide) groups is 1. The van der Waals surface area contributed by atoms with Gasteiger partial charge in [-0.15, -0.1) is 37.2 Å². The average Bonchev–Trinajstić information content (AvgIpc) is 3.15. The topological polar surface area (TPSA) is 91.5 Å². The zero-order valence-electron chi connectivity index (χ0n) is 31.1. The molecule has 4 unspecified atom stereocenters. The summed E-state index contributed by atoms with van der Waals surface area (Å²) < 4.78 is 34.0. The molecule has 4 atom stereocenters. The van der Waals surface area contributed by atoms with E-state index in [2.05, 4.69) is 64.1 Å². The van der Waals surface area contributed by atoms with Crippen molar-refractivity contribution in [2.24, 2.45) is 0 Å². The van der Waals surface area contributed by atoms with E-state index in [0.717, 1.165) is 105 Å². The van der Waals surface area contributed by atoms with Gasteiger partial charge in [-0.3, -0.25) is 0 Å². The van der Waals surface area contributed by atoms with Crippen molar-refractivity contribution in [3.8, 4) is 34.5 Å². The van der Waals surface area contributed by atoms with Crippen LogP contribution in [0.5, 0.6) is 34.5 Å². The van der Waals surface area contributed by atoms with E-state index in [1.54, 1.807) is 42.7 Å². The van der Waals surface area contributed by atoms with Crippen molar-refractivity contribution in [2.75, 3.05) is 68.0 Å². The first-order valence-electron chi connectivity index (χ1n) is 17.6. The molecule has 0 aromatic heterocycles. The van der Waals surface area contributed by atoms with Gasteiger partial charge in [0.15, 0.2) is 34.5 Å². The van der Waals surface area contributed by atoms with Gasteiger partial charge in [-0.05, 0) is 122 Å². The smallest absolute Gasteiger partial charge is 0.161 e. The van der Waals surface area contributed by atoms with E-state index in [4.69, 9.17) is 28.4 Å². The lowest BCUT2D eigenvalue weighted by molar-refractivity contribution is 0.350. The number of ether oxygens (including phenoxy) is 6. The lowest BCUT2D eigenvalue weighted by atomic mass is 9.88. The lowest BCUT2D eigenvalue weighted by Crippen LogP contribution is -2.38. The van der Waals surface area contributed by atoms with Gasteiger partial charge in [-0.2, -0.15) is 11.8 Å². The molecule has 290 valence electrons. The highest BCUT2D eigenvalue weighted by molar-refractivity contribution is 8.00. The second-order valence-corrected chi connectivity index (χ2v) is 14.3. The monoisotopic (exact) mass is 799 g/mol. The van der Waals surface area contributed by atoms with Gasteiger partial charge < -0.3 is 44.4 Å². The van der Waals surface area contributed by atoms with E-state index >= 15 is 0 Å². The average molecular weight is 801 g/mol. The highest BCUT2D eigenvalue weighted by Gasteiger charge is 2.32. The fourth-order valence-electron chi connectivity index (χ4n) is 7.85. The van der Waals surface area contributed by atoms with Crippen LogP contribution in [0.3, 0.4) is 0 Å². The van der Waals surface area contributed by atoms with Crippen molar-refractivity contribution in [3.63, 3.8) is 0 Å². The molecular formula is C39H56Cl3N3O6S. The molecular weight excluding hydrogens is 745 g/mol. The minimum Gasteiger partial charge on any atom is -0.493 e. The van der Waals surface area contributed by atoms with Crippen LogP contribution in [-0.2, 0) is 19.3 Å². The summed E-state index contributed by atoms with van der Waals surface area (Å²) in [4.78, 5) is 0. The number of rotatable bonds is 15. The maximum Gasteiger partial charge on any atom is 0.161 e. The molecule has 3 N–H and O–H groups in total. The van der Waals surface area contributed by atoms with Gasteiger partial charge in [0.2, 0.25) is 0 Å². The Morgan fingerprint density at radius 1 is 0.538 bits per heavy atom. The quantitative estimate of drug-likeness (QED) is 0.133. The standard InChI is InChI=1S/C39H53N3O6S.3ClH/c1-43-32-17-24-11-14-40-30(27(24)20-35(32)46-4)9-7-8-10-38(39-29-22-37(48-6)34(45-3)19-26(29)13-16-42-39)49-23-31-28-21-36(47-5)33(44-2)18-25(28)12-15-41-31;;;/h17-22,30-31,38-42H,7-16,23H2,1-6H3;3*1H. The molecule has 3 aliphatic rings. The predicted octanol–water partition coefficient (Wildman–Crippen LogP) is 7.63. The molecule has 52 heavy (non-hydrogen) atoms. The number of hydrogen-bond acceptors (Lipinski definition) is 10. The highest BCUT2D eigenvalue weighted by atomic mass is 35.5. The van der Waals surface area contributed by atoms with E-state index in [-0.39, 0.29) is 49.3 Å². The Balaban J connectivity index is 0.00000243. The fourth-order valence-corrected chi connectivity index (χ4v) is 9.36. The summed E-state index contributed by atoms with van der Waals surface area (Å²) in [5, 5.41) is 11.9. The molecule has 0 saturated heterocycles. The van der Waals surface area contributed by atoms with Crippen LogP contribution in [-0.4, -0.2) is 73.3 Å². The Morgan fingerprint density at radius 3 is 1.44 bits per heavy atom. The molecule has 0 saturated carbocycles. The van der Waals surface area contributed by atoms with Crippen molar-refractivity contribution in [1.82, 2.24) is 16.0 Å². The van der Waals surface area contributed by atoms with Crippen LogP contribution >= 0.6 is 49.0 Å². The largest absolute Gasteiger partial charge is 0.493 e. The molecule has 0 aliphatic carbocycles. The number of methoxy groups -OCH3 is 6. The van der Waals surface area contributed by atoms with E-state index in [9.17, 15) is 0 Å². The Bertz CT molecular complexity index is 1600. The minimum atomic E-state index is 0. The predicted molar refractivity (Wildman–Crippen MR) is 218 cm³/mol. The van der Waals surface area contributed by atoms with Crippen LogP contribution in [0.1, 0.15) is 77.2 Å². The highest BCUT2D eigenvalue weighted by Crippen LogP contribution is 2.43. The first-order valence-corrected chi connectivity index (χ1v) is 18.6. The molecule has 3 aromatic rings. The zero-order valence-corrected chi connectivity index (χ0v) is 34.4. The van der Waals surface area contributed by atoms with Gasteiger partial charge in [0.05, 0.1) is 42.7 Å². The Hall–Kier alpha value is -2.44. The lowest BCUT2D eigenvalue weighted by Gasteiger charge is -2.35. The Labute approximate surface area is 332 Å². The van der Waals surface area contributed by atoms with Crippen LogP contribution in [0.4, 0.5) is 0 Å². The molecule has 0 amide bonds. The van der Waals surface area contributed by atoms with E-state index in [1.165, 1.54) is 33.4 Å². The molecule has 3 aromatic carbocycles. The summed E-state index contributed by atoms with van der Waals surface area (Å²) >= 11 is 2.08. The minimum absolute atomic E-state index is 0. The summed E-state index contributed by atoms with van der Waals surface area (Å²) in [6.07, 6.45) is 7.42. The van der Waals surface area contributed by atoms with Crippen LogP contribution < -0.4 is 44.4 Å². The molecule has 3 aliphatic heterocycles. The molecule has 0 radical (unpaired) electrons. The van der Waals surface area contributed by atoms with Crippen LogP contribution in [0, 0.1) is 0 Å². The van der Waals surface area contributed by atoms with Crippen LogP contribution in [0.15, 0.2) is 36.4 Å². The van der Waals surface area contributed by atoms with Crippen molar-refractivity contribution < 1.29 is 28.4 Å². The Kier molecular flexibility index (Phi) is 17.6. The molecule has 0 spiro atoms. The summed E-state index contributed by atoms with van der Waals surface area (Å²) in [5.41, 5.74) is 8.02. The SMILES string of the molecule is COc1cc2c(cc1OC)C(CCCCC(SCC1NCCc3cc(OC)c(OC)cc31)C1NCCc3cc(OC)c(OC)cc31)NCC2.Cl.Cl.Cl. The number of fused-ring (bicyclic) bond motifs is 3. The van der Waals surface area contributed by atoms with Gasteiger partial charge >= 0.3 is 0 Å². The van der Waals surface area contributed by atoms with Gasteiger partial charge in [0.1, 0.15) is 0 Å². The second kappa shape index (κ2) is 20.9. The van der Waals surface area contributed by atoms with Gasteiger partial charge in [0, 0.05) is 29.1 Å². The summed E-state index contributed by atoms with van der Waals surface area (Å²) in [5.74, 6) is 5.75. The van der Waals surface area contributed by atoms with Crippen LogP contribution in [0.2, 0.25) is 0 Å². The maximum absolute atomic E-state index is 5.78. The number of nitrogens with one attached hydrogen (secondary N) is 3. The van der Waals surface area contributed by atoms with Gasteiger partial charge in [-0.1, -0.05) is 12.8 Å². The Morgan fingerprint density at radius 2 is 0.942 bits per heavy atom. The normalized spacial score (nSPS) is 19.2. The van der Waals surface area contributed by atoms with Crippen molar-refractivity contribution in [1.29, 1.82) is 0 Å². The van der Waals surface area contributed by atoms with Crippen molar-refractivity contribution in [2.45, 2.75) is 68.3 Å². The van der Waals surface area contributed by atoms with Crippen molar-refractivity contribution >= 4 is 49.0 Å². The van der Waals surface area contributed by atoms with E-state index in [0.29, 0.717) is 11.3 Å². The number of benzene rings is 3. The van der Waals surface area contributed by atoms with Gasteiger partial charge in [0.25, 0.3) is 0 Å². The molecule has 3 heterocycles. The molecule has 6 rings (SSSR count). The van der Waals surface area contributed by atoms with Gasteiger partial charge in [-0.25, -0.2) is 0 Å². The van der Waals surface area contributed by atoms with Crippen LogP contribution in [0.25, 0.3) is 0 Å². The number of hydrogen-bond donors (Lipinski definition) is 3. The molecule has 13 heteroatoms. The fraction of sp³-hybridized carbons (Fsp3) is 0.538. The summed E-state index contributed by atoms with van der Waals surface area (Å²) in [6.45, 7) is 2.87. The number of unbranched alkanes of at least 4 members (excludes halogenated alkanes) is 1. The molecule has 0 fully saturated rings. The maximum atomic E-state index is 5.78. The number of halogens is 3. The first-order chi connectivity index (χ1) is 24.0. The third-order valence-electron chi connectivity index (χ3n) is 10.4.